The molecule has 0 spiro atoms. The second-order valence-electron chi connectivity index (χ2n) is 5.50. The lowest BCUT2D eigenvalue weighted by molar-refractivity contribution is -0.116. The minimum atomic E-state index is 0.00747. The molecule has 0 fully saturated rings. The quantitative estimate of drug-likeness (QED) is 0.756. The molecule has 3 aromatic rings. The van der Waals surface area contributed by atoms with E-state index in [9.17, 15) is 4.79 Å². The predicted octanol–water partition coefficient (Wildman–Crippen LogP) is 4.74. The van der Waals surface area contributed by atoms with Crippen molar-refractivity contribution in [1.82, 2.24) is 4.98 Å². The number of aryl methyl sites for hydroxylation is 1. The summed E-state index contributed by atoms with van der Waals surface area (Å²) in [6.45, 7) is 4.10. The zero-order valence-electron chi connectivity index (χ0n) is 12.7. The molecule has 2 aromatic carbocycles. The normalized spacial score (nSPS) is 12.3. The van der Waals surface area contributed by atoms with Crippen molar-refractivity contribution in [1.29, 1.82) is 0 Å². The summed E-state index contributed by atoms with van der Waals surface area (Å²) in [6, 6.07) is 16.2. The maximum absolute atomic E-state index is 12.2. The van der Waals surface area contributed by atoms with Gasteiger partial charge < -0.3 is 5.32 Å². The van der Waals surface area contributed by atoms with E-state index in [0.717, 1.165) is 15.8 Å². The Balaban J connectivity index is 1.69. The standard InChI is InChI=1S/C18H18N2OS/c1-12-7-6-10-15-17(12)20-18(22-15)19-16(21)11-13(2)14-8-4-3-5-9-14/h3-10,13H,11H2,1-2H3,(H,19,20,21). The van der Waals surface area contributed by atoms with E-state index in [0.29, 0.717) is 11.6 Å². The van der Waals surface area contributed by atoms with Gasteiger partial charge in [-0.15, -0.1) is 0 Å². The second kappa shape index (κ2) is 6.28. The molecular formula is C18H18N2OS. The zero-order chi connectivity index (χ0) is 15.5. The molecule has 0 aliphatic carbocycles. The van der Waals surface area contributed by atoms with Crippen LogP contribution in [0.1, 0.15) is 30.4 Å². The molecule has 0 saturated carbocycles. The summed E-state index contributed by atoms with van der Waals surface area (Å²) in [6.07, 6.45) is 0.457. The van der Waals surface area contributed by atoms with Gasteiger partial charge in [0.2, 0.25) is 5.91 Å². The summed E-state index contributed by atoms with van der Waals surface area (Å²) in [5.74, 6) is 0.199. The number of nitrogens with one attached hydrogen (secondary N) is 1. The number of thiazole rings is 1. The van der Waals surface area contributed by atoms with Crippen LogP contribution >= 0.6 is 11.3 Å². The molecular weight excluding hydrogens is 292 g/mol. The lowest BCUT2D eigenvalue weighted by Gasteiger charge is -2.10. The van der Waals surface area contributed by atoms with Crippen LogP contribution in [0.15, 0.2) is 48.5 Å². The van der Waals surface area contributed by atoms with E-state index in [4.69, 9.17) is 0 Å². The topological polar surface area (TPSA) is 42.0 Å². The Labute approximate surface area is 134 Å². The molecule has 0 bridgehead atoms. The van der Waals surface area contributed by atoms with E-state index in [-0.39, 0.29) is 11.8 Å². The Morgan fingerprint density at radius 3 is 2.68 bits per heavy atom. The van der Waals surface area contributed by atoms with Crippen LogP contribution in [0.4, 0.5) is 5.13 Å². The molecule has 112 valence electrons. The molecule has 1 aromatic heterocycles. The van der Waals surface area contributed by atoms with Crippen LogP contribution in [0, 0.1) is 6.92 Å². The Bertz CT molecular complexity index is 795. The number of aromatic nitrogens is 1. The average molecular weight is 310 g/mol. The van der Waals surface area contributed by atoms with Gasteiger partial charge in [-0.2, -0.15) is 0 Å². The maximum atomic E-state index is 12.2. The SMILES string of the molecule is Cc1cccc2sc(NC(=O)CC(C)c3ccccc3)nc12. The lowest BCUT2D eigenvalue weighted by atomic mass is 9.98. The van der Waals surface area contributed by atoms with Gasteiger partial charge in [-0.25, -0.2) is 4.98 Å². The minimum absolute atomic E-state index is 0.00747. The van der Waals surface area contributed by atoms with Gasteiger partial charge in [0.25, 0.3) is 0 Å². The molecule has 0 saturated heterocycles. The number of fused-ring (bicyclic) bond motifs is 1. The van der Waals surface area contributed by atoms with Gasteiger partial charge in [-0.3, -0.25) is 4.79 Å². The van der Waals surface area contributed by atoms with E-state index in [1.807, 2.05) is 43.3 Å². The van der Waals surface area contributed by atoms with Crippen LogP contribution < -0.4 is 5.32 Å². The average Bonchev–Trinajstić information content (AvgIpc) is 2.92. The third-order valence-corrected chi connectivity index (χ3v) is 4.66. The Morgan fingerprint density at radius 1 is 1.18 bits per heavy atom. The maximum Gasteiger partial charge on any atom is 0.226 e. The van der Waals surface area contributed by atoms with E-state index in [2.05, 4.69) is 29.4 Å². The number of benzene rings is 2. The number of carbonyl (C=O) groups excluding carboxylic acids is 1. The molecule has 1 unspecified atom stereocenters. The summed E-state index contributed by atoms with van der Waals surface area (Å²) >= 11 is 1.52. The van der Waals surface area contributed by atoms with Gasteiger partial charge in [-0.05, 0) is 30.0 Å². The predicted molar refractivity (Wildman–Crippen MR) is 92.5 cm³/mol. The number of anilines is 1. The van der Waals surface area contributed by atoms with Crippen molar-refractivity contribution in [2.24, 2.45) is 0 Å². The zero-order valence-corrected chi connectivity index (χ0v) is 13.5. The third-order valence-electron chi connectivity index (χ3n) is 3.73. The van der Waals surface area contributed by atoms with E-state index >= 15 is 0 Å². The highest BCUT2D eigenvalue weighted by Gasteiger charge is 2.13. The Hall–Kier alpha value is -2.20. The first kappa shape index (κ1) is 14.7. The molecule has 0 aliphatic heterocycles. The number of hydrogen-bond acceptors (Lipinski definition) is 3. The summed E-state index contributed by atoms with van der Waals surface area (Å²) in [5, 5.41) is 3.60. The fourth-order valence-corrected chi connectivity index (χ4v) is 3.45. The van der Waals surface area contributed by atoms with Crippen LogP contribution in [0.25, 0.3) is 10.2 Å². The fraction of sp³-hybridized carbons (Fsp3) is 0.222. The van der Waals surface area contributed by atoms with E-state index in [1.54, 1.807) is 0 Å². The van der Waals surface area contributed by atoms with Crippen molar-refractivity contribution in [2.75, 3.05) is 5.32 Å². The van der Waals surface area contributed by atoms with Crippen LogP contribution in [-0.4, -0.2) is 10.9 Å². The van der Waals surface area contributed by atoms with Gasteiger partial charge in [0.1, 0.15) is 0 Å². The number of rotatable bonds is 4. The lowest BCUT2D eigenvalue weighted by Crippen LogP contribution is -2.14. The van der Waals surface area contributed by atoms with Crippen LogP contribution in [-0.2, 0) is 4.79 Å². The smallest absolute Gasteiger partial charge is 0.226 e. The van der Waals surface area contributed by atoms with Crippen LogP contribution in [0.3, 0.4) is 0 Å². The van der Waals surface area contributed by atoms with Crippen molar-refractivity contribution in [3.63, 3.8) is 0 Å². The summed E-state index contributed by atoms with van der Waals surface area (Å²) < 4.78 is 1.10. The largest absolute Gasteiger partial charge is 0.302 e. The summed E-state index contributed by atoms with van der Waals surface area (Å²) in [7, 11) is 0. The summed E-state index contributed by atoms with van der Waals surface area (Å²) in [5.41, 5.74) is 3.28. The van der Waals surface area contributed by atoms with E-state index < -0.39 is 0 Å². The second-order valence-corrected chi connectivity index (χ2v) is 6.54. The first-order valence-corrected chi connectivity index (χ1v) is 8.16. The first-order valence-electron chi connectivity index (χ1n) is 7.34. The molecule has 3 nitrogen and oxygen atoms in total. The molecule has 1 N–H and O–H groups in total. The molecule has 4 heteroatoms. The van der Waals surface area contributed by atoms with Crippen molar-refractivity contribution in [2.45, 2.75) is 26.2 Å². The van der Waals surface area contributed by atoms with Gasteiger partial charge in [0.05, 0.1) is 10.2 Å². The Morgan fingerprint density at radius 2 is 1.95 bits per heavy atom. The molecule has 1 atom stereocenters. The highest BCUT2D eigenvalue weighted by atomic mass is 32.1. The number of carbonyl (C=O) groups is 1. The van der Waals surface area contributed by atoms with Crippen molar-refractivity contribution in [3.8, 4) is 0 Å². The van der Waals surface area contributed by atoms with E-state index in [1.165, 1.54) is 16.9 Å². The Kier molecular flexibility index (Phi) is 4.20. The van der Waals surface area contributed by atoms with Gasteiger partial charge in [0.15, 0.2) is 5.13 Å². The number of para-hydroxylation sites is 1. The highest BCUT2D eigenvalue weighted by Crippen LogP contribution is 2.28. The molecule has 1 amide bonds. The molecule has 22 heavy (non-hydrogen) atoms. The van der Waals surface area contributed by atoms with Crippen molar-refractivity contribution >= 4 is 32.6 Å². The number of hydrogen-bond donors (Lipinski definition) is 1. The van der Waals surface area contributed by atoms with Crippen molar-refractivity contribution < 1.29 is 4.79 Å². The molecule has 1 heterocycles. The first-order chi connectivity index (χ1) is 10.6. The molecule has 0 aliphatic rings. The van der Waals surface area contributed by atoms with Gasteiger partial charge in [0, 0.05) is 6.42 Å². The van der Waals surface area contributed by atoms with Crippen LogP contribution in [0.5, 0.6) is 0 Å². The fourth-order valence-electron chi connectivity index (χ4n) is 2.49. The minimum Gasteiger partial charge on any atom is -0.302 e. The summed E-state index contributed by atoms with van der Waals surface area (Å²) in [4.78, 5) is 16.7. The monoisotopic (exact) mass is 310 g/mol. The van der Waals surface area contributed by atoms with Crippen molar-refractivity contribution in [3.05, 3.63) is 59.7 Å². The molecule has 3 rings (SSSR count). The number of nitrogens with zero attached hydrogens (tertiary/aromatic N) is 1. The van der Waals surface area contributed by atoms with Crippen LogP contribution in [0.2, 0.25) is 0 Å². The molecule has 0 radical (unpaired) electrons. The number of amides is 1. The van der Waals surface area contributed by atoms with Gasteiger partial charge in [-0.1, -0.05) is 60.7 Å². The third kappa shape index (κ3) is 3.17. The van der Waals surface area contributed by atoms with Gasteiger partial charge >= 0.3 is 0 Å². The highest BCUT2D eigenvalue weighted by molar-refractivity contribution is 7.22.